The van der Waals surface area contributed by atoms with Gasteiger partial charge in [-0.2, -0.15) is 0 Å². The molecule has 2 aliphatic rings. The number of hydrogen-bond donors (Lipinski definition) is 4. The van der Waals surface area contributed by atoms with Gasteiger partial charge < -0.3 is 25.8 Å². The van der Waals surface area contributed by atoms with Crippen molar-refractivity contribution in [1.82, 2.24) is 16.0 Å². The number of fused-ring (bicyclic) bond motifs is 3. The number of benzene rings is 2. The van der Waals surface area contributed by atoms with Crippen LogP contribution < -0.4 is 16.0 Å². The fraction of sp³-hybridized carbons (Fsp3) is 0.385. The van der Waals surface area contributed by atoms with Crippen molar-refractivity contribution in [3.8, 4) is 11.1 Å². The largest absolute Gasteiger partial charge is 0.481 e. The first kappa shape index (κ1) is 24.3. The summed E-state index contributed by atoms with van der Waals surface area (Å²) in [6.07, 6.45) is 1.92. The molecule has 0 spiro atoms. The Bertz CT molecular complexity index is 1070. The van der Waals surface area contributed by atoms with Gasteiger partial charge in [0.2, 0.25) is 11.8 Å². The van der Waals surface area contributed by atoms with E-state index in [1.165, 1.54) is 0 Å². The Labute approximate surface area is 203 Å². The molecule has 2 aliphatic carbocycles. The van der Waals surface area contributed by atoms with Crippen molar-refractivity contribution in [3.05, 3.63) is 59.7 Å². The lowest BCUT2D eigenvalue weighted by molar-refractivity contribution is -0.138. The van der Waals surface area contributed by atoms with Crippen LogP contribution in [0.5, 0.6) is 0 Å². The minimum Gasteiger partial charge on any atom is -0.481 e. The minimum atomic E-state index is -0.974. The molecule has 2 aromatic carbocycles. The molecule has 0 radical (unpaired) electrons. The summed E-state index contributed by atoms with van der Waals surface area (Å²) in [5, 5.41) is 16.6. The summed E-state index contributed by atoms with van der Waals surface area (Å²) in [6, 6.07) is 15.5. The molecule has 3 amide bonds. The number of carbonyl (C=O) groups is 4. The van der Waals surface area contributed by atoms with E-state index in [0.29, 0.717) is 0 Å². The van der Waals surface area contributed by atoms with Crippen molar-refractivity contribution in [2.75, 3.05) is 19.7 Å². The molecule has 0 bridgehead atoms. The maximum absolute atomic E-state index is 12.2. The van der Waals surface area contributed by atoms with Gasteiger partial charge in [0.25, 0.3) is 0 Å². The normalized spacial score (nSPS) is 15.2. The van der Waals surface area contributed by atoms with Crippen LogP contribution in [-0.4, -0.2) is 54.7 Å². The highest BCUT2D eigenvalue weighted by molar-refractivity contribution is 5.87. The predicted octanol–water partition coefficient (Wildman–Crippen LogP) is 2.40. The number of hydrogen-bond acceptors (Lipinski definition) is 5. The first-order chi connectivity index (χ1) is 16.9. The highest BCUT2D eigenvalue weighted by atomic mass is 16.5. The molecule has 1 fully saturated rings. The van der Waals surface area contributed by atoms with Crippen LogP contribution in [-0.2, 0) is 19.1 Å². The summed E-state index contributed by atoms with van der Waals surface area (Å²) in [7, 11) is 0. The van der Waals surface area contributed by atoms with Crippen LogP contribution in [0.1, 0.15) is 42.7 Å². The molecule has 0 aliphatic heterocycles. The van der Waals surface area contributed by atoms with Crippen LogP contribution in [0.2, 0.25) is 0 Å². The summed E-state index contributed by atoms with van der Waals surface area (Å²) in [5.74, 6) is -1.91. The molecule has 1 unspecified atom stereocenters. The van der Waals surface area contributed by atoms with E-state index in [1.54, 1.807) is 0 Å². The van der Waals surface area contributed by atoms with Crippen LogP contribution in [0.15, 0.2) is 48.5 Å². The molecule has 1 atom stereocenters. The smallest absolute Gasteiger partial charge is 0.407 e. The zero-order valence-electron chi connectivity index (χ0n) is 19.3. The molecule has 2 aromatic rings. The van der Waals surface area contributed by atoms with Gasteiger partial charge in [0, 0.05) is 12.0 Å². The van der Waals surface area contributed by atoms with Gasteiger partial charge in [0.15, 0.2) is 0 Å². The van der Waals surface area contributed by atoms with Gasteiger partial charge in [-0.25, -0.2) is 4.79 Å². The van der Waals surface area contributed by atoms with E-state index in [-0.39, 0.29) is 38.0 Å². The second-order valence-corrected chi connectivity index (χ2v) is 8.92. The van der Waals surface area contributed by atoms with E-state index in [0.717, 1.165) is 41.5 Å². The first-order valence-electron chi connectivity index (χ1n) is 11.8. The average molecular weight is 480 g/mol. The quantitative estimate of drug-likeness (QED) is 0.414. The molecule has 0 aromatic heterocycles. The molecule has 4 N–H and O–H groups in total. The van der Waals surface area contributed by atoms with Gasteiger partial charge in [-0.3, -0.25) is 14.4 Å². The number of carboxylic acids is 1. The minimum absolute atomic E-state index is 0.0833. The van der Waals surface area contributed by atoms with Crippen LogP contribution >= 0.6 is 0 Å². The molecule has 9 heteroatoms. The third kappa shape index (κ3) is 5.98. The van der Waals surface area contributed by atoms with Gasteiger partial charge in [0.1, 0.15) is 13.2 Å². The highest BCUT2D eigenvalue weighted by Gasteiger charge is 2.31. The Hall–Kier alpha value is -3.88. The lowest BCUT2D eigenvalue weighted by Crippen LogP contribution is -2.48. The number of ether oxygens (including phenoxy) is 1. The van der Waals surface area contributed by atoms with E-state index in [2.05, 4.69) is 16.0 Å². The van der Waals surface area contributed by atoms with Crippen LogP contribution in [0.4, 0.5) is 4.79 Å². The molecule has 0 heterocycles. The number of rotatable bonds is 10. The number of aliphatic carboxylic acids is 1. The van der Waals surface area contributed by atoms with Crippen molar-refractivity contribution in [1.29, 1.82) is 0 Å². The third-order valence-corrected chi connectivity index (χ3v) is 6.64. The summed E-state index contributed by atoms with van der Waals surface area (Å²) in [4.78, 5) is 47.4. The monoisotopic (exact) mass is 479 g/mol. The zero-order chi connectivity index (χ0) is 24.8. The summed E-state index contributed by atoms with van der Waals surface area (Å²) in [5.41, 5.74) is 4.43. The molecular formula is C26H29N3O6. The van der Waals surface area contributed by atoms with Crippen molar-refractivity contribution >= 4 is 23.9 Å². The summed E-state index contributed by atoms with van der Waals surface area (Å²) in [6.45, 7) is -0.505. The van der Waals surface area contributed by atoms with Gasteiger partial charge >= 0.3 is 12.1 Å². The van der Waals surface area contributed by atoms with E-state index in [9.17, 15) is 19.2 Å². The Kier molecular flexibility index (Phi) is 7.64. The molecular weight excluding hydrogens is 450 g/mol. The summed E-state index contributed by atoms with van der Waals surface area (Å²) < 4.78 is 5.39. The Morgan fingerprint density at radius 1 is 0.886 bits per heavy atom. The zero-order valence-corrected chi connectivity index (χ0v) is 19.3. The fourth-order valence-corrected chi connectivity index (χ4v) is 4.67. The molecule has 4 rings (SSSR count). The second-order valence-electron chi connectivity index (χ2n) is 8.92. The standard InChI is InChI=1S/C26H29N3O6/c30-23(27-14-24(31)29-22(12-25(32)33)16-6-5-7-16)13-28-26(34)35-15-21-19-10-3-1-8-17(19)18-9-2-4-11-20(18)21/h1-4,8-11,16,21-22H,5-7,12-15H2,(H,27,30)(H,28,34)(H,29,31)(H,32,33). The predicted molar refractivity (Wildman–Crippen MR) is 128 cm³/mol. The lowest BCUT2D eigenvalue weighted by Gasteiger charge is -2.33. The van der Waals surface area contributed by atoms with Gasteiger partial charge in [-0.15, -0.1) is 0 Å². The Balaban J connectivity index is 1.19. The maximum Gasteiger partial charge on any atom is 0.407 e. The Morgan fingerprint density at radius 2 is 1.49 bits per heavy atom. The molecule has 9 nitrogen and oxygen atoms in total. The molecule has 0 saturated heterocycles. The number of carboxylic acid groups (broad SMARTS) is 1. The topological polar surface area (TPSA) is 134 Å². The van der Waals surface area contributed by atoms with Crippen molar-refractivity contribution in [2.24, 2.45) is 5.92 Å². The second kappa shape index (κ2) is 11.0. The molecule has 1 saturated carbocycles. The lowest BCUT2D eigenvalue weighted by atomic mass is 9.78. The van der Waals surface area contributed by atoms with Crippen LogP contribution in [0.3, 0.4) is 0 Å². The van der Waals surface area contributed by atoms with E-state index in [4.69, 9.17) is 9.84 Å². The maximum atomic E-state index is 12.2. The van der Waals surface area contributed by atoms with Gasteiger partial charge in [-0.05, 0) is 41.0 Å². The van der Waals surface area contributed by atoms with E-state index < -0.39 is 29.9 Å². The number of amides is 3. The van der Waals surface area contributed by atoms with Crippen molar-refractivity contribution < 1.29 is 29.0 Å². The third-order valence-electron chi connectivity index (χ3n) is 6.64. The van der Waals surface area contributed by atoms with E-state index >= 15 is 0 Å². The Morgan fingerprint density at radius 3 is 2.06 bits per heavy atom. The van der Waals surface area contributed by atoms with Crippen molar-refractivity contribution in [2.45, 2.75) is 37.6 Å². The van der Waals surface area contributed by atoms with Crippen LogP contribution in [0, 0.1) is 5.92 Å². The molecule has 35 heavy (non-hydrogen) atoms. The highest BCUT2D eigenvalue weighted by Crippen LogP contribution is 2.44. The SMILES string of the molecule is O=C(O)CC(NC(=O)CNC(=O)CNC(=O)OCC1c2ccccc2-c2ccccc21)C1CCC1. The summed E-state index contributed by atoms with van der Waals surface area (Å²) >= 11 is 0. The average Bonchev–Trinajstić information content (AvgIpc) is 3.12. The number of alkyl carbamates (subject to hydrolysis) is 1. The van der Waals surface area contributed by atoms with E-state index in [1.807, 2.05) is 48.5 Å². The van der Waals surface area contributed by atoms with Gasteiger partial charge in [-0.1, -0.05) is 55.0 Å². The number of nitrogens with one attached hydrogen (secondary N) is 3. The van der Waals surface area contributed by atoms with Crippen molar-refractivity contribution in [3.63, 3.8) is 0 Å². The number of carbonyl (C=O) groups excluding carboxylic acids is 3. The fourth-order valence-electron chi connectivity index (χ4n) is 4.67. The first-order valence-corrected chi connectivity index (χ1v) is 11.8. The molecule has 184 valence electrons. The van der Waals surface area contributed by atoms with Crippen LogP contribution in [0.25, 0.3) is 11.1 Å². The van der Waals surface area contributed by atoms with Gasteiger partial charge in [0.05, 0.1) is 13.0 Å².